The van der Waals surface area contributed by atoms with E-state index in [0.29, 0.717) is 30.7 Å². The first-order valence-electron chi connectivity index (χ1n) is 9.21. The van der Waals surface area contributed by atoms with E-state index in [4.69, 9.17) is 9.31 Å². The maximum atomic E-state index is 14.6. The zero-order valence-corrected chi connectivity index (χ0v) is 16.3. The van der Waals surface area contributed by atoms with Crippen LogP contribution in [-0.4, -0.2) is 60.2 Å². The summed E-state index contributed by atoms with van der Waals surface area (Å²) in [5.74, 6) is -0.145. The summed E-state index contributed by atoms with van der Waals surface area (Å²) in [5.41, 5.74) is 0.472. The van der Waals surface area contributed by atoms with Gasteiger partial charge in [-0.3, -0.25) is 9.69 Å². The van der Waals surface area contributed by atoms with Crippen molar-refractivity contribution in [3.63, 3.8) is 0 Å². The Balaban J connectivity index is 1.65. The molecule has 26 heavy (non-hydrogen) atoms. The van der Waals surface area contributed by atoms with Gasteiger partial charge in [0.15, 0.2) is 0 Å². The molecule has 3 rings (SSSR count). The normalized spacial score (nSPS) is 22.7. The monoisotopic (exact) mass is 362 g/mol. The molecule has 0 radical (unpaired) electrons. The maximum absolute atomic E-state index is 14.6. The standard InChI is InChI=1S/C19H28BFN2O3/c1-14(24)23-10-8-22(9-11-23)13-15-6-7-16(12-17(15)21)20-25-18(2,3)19(4,5)26-20/h6-7,12H,8-11,13H2,1-5H3. The Labute approximate surface area is 155 Å². The molecular weight excluding hydrogens is 334 g/mol. The van der Waals surface area contributed by atoms with Gasteiger partial charge in [-0.15, -0.1) is 0 Å². The highest BCUT2D eigenvalue weighted by molar-refractivity contribution is 6.62. The molecule has 0 aromatic heterocycles. The van der Waals surface area contributed by atoms with Crippen LogP contribution in [0.4, 0.5) is 4.39 Å². The smallest absolute Gasteiger partial charge is 0.399 e. The van der Waals surface area contributed by atoms with Gasteiger partial charge in [0.25, 0.3) is 0 Å². The van der Waals surface area contributed by atoms with E-state index >= 15 is 0 Å². The fraction of sp³-hybridized carbons (Fsp3) is 0.632. The first-order valence-corrected chi connectivity index (χ1v) is 9.21. The number of benzene rings is 1. The van der Waals surface area contributed by atoms with Crippen molar-refractivity contribution in [3.05, 3.63) is 29.6 Å². The highest BCUT2D eigenvalue weighted by Gasteiger charge is 2.51. The molecule has 0 unspecified atom stereocenters. The number of carbonyl (C=O) groups excluding carboxylic acids is 1. The number of carbonyl (C=O) groups is 1. The average Bonchev–Trinajstić information content (AvgIpc) is 2.78. The van der Waals surface area contributed by atoms with Crippen LogP contribution in [0.1, 0.15) is 40.2 Å². The number of hydrogen-bond acceptors (Lipinski definition) is 4. The Morgan fingerprint density at radius 2 is 1.69 bits per heavy atom. The Hall–Kier alpha value is -1.44. The Morgan fingerprint density at radius 3 is 2.19 bits per heavy atom. The lowest BCUT2D eigenvalue weighted by Crippen LogP contribution is -2.47. The number of halogens is 1. The Morgan fingerprint density at radius 1 is 1.12 bits per heavy atom. The molecule has 5 nitrogen and oxygen atoms in total. The number of nitrogens with zero attached hydrogens (tertiary/aromatic N) is 2. The molecule has 0 saturated carbocycles. The van der Waals surface area contributed by atoms with Gasteiger partial charge in [0.05, 0.1) is 11.2 Å². The fourth-order valence-electron chi connectivity index (χ4n) is 3.28. The molecule has 2 saturated heterocycles. The van der Waals surface area contributed by atoms with Gasteiger partial charge < -0.3 is 14.2 Å². The summed E-state index contributed by atoms with van der Waals surface area (Å²) in [5, 5.41) is 0. The zero-order valence-electron chi connectivity index (χ0n) is 16.3. The van der Waals surface area contributed by atoms with Crippen LogP contribution in [0.15, 0.2) is 18.2 Å². The van der Waals surface area contributed by atoms with Crippen LogP contribution < -0.4 is 5.46 Å². The van der Waals surface area contributed by atoms with Crippen LogP contribution >= 0.6 is 0 Å². The highest BCUT2D eigenvalue weighted by atomic mass is 19.1. The number of piperazine rings is 1. The molecule has 142 valence electrons. The van der Waals surface area contributed by atoms with E-state index < -0.39 is 18.3 Å². The van der Waals surface area contributed by atoms with Gasteiger partial charge in [-0.1, -0.05) is 12.1 Å². The van der Waals surface area contributed by atoms with Gasteiger partial charge in [-0.2, -0.15) is 0 Å². The molecule has 7 heteroatoms. The minimum Gasteiger partial charge on any atom is -0.399 e. The van der Waals surface area contributed by atoms with Crippen molar-refractivity contribution in [1.29, 1.82) is 0 Å². The second kappa shape index (κ2) is 6.95. The Bertz CT molecular complexity index is 671. The Kier molecular flexibility index (Phi) is 5.16. The van der Waals surface area contributed by atoms with Gasteiger partial charge >= 0.3 is 7.12 Å². The van der Waals surface area contributed by atoms with Gasteiger partial charge in [0.1, 0.15) is 5.82 Å². The van der Waals surface area contributed by atoms with E-state index in [9.17, 15) is 9.18 Å². The number of rotatable bonds is 3. The lowest BCUT2D eigenvalue weighted by atomic mass is 9.78. The van der Waals surface area contributed by atoms with Gasteiger partial charge in [0, 0.05) is 45.2 Å². The van der Waals surface area contributed by atoms with Crippen LogP contribution in [0, 0.1) is 5.82 Å². The van der Waals surface area contributed by atoms with Crippen molar-refractivity contribution in [2.45, 2.75) is 52.4 Å². The van der Waals surface area contributed by atoms with Crippen molar-refractivity contribution in [3.8, 4) is 0 Å². The molecular formula is C19H28BFN2O3. The third-order valence-corrected chi connectivity index (χ3v) is 5.81. The second-order valence-corrected chi connectivity index (χ2v) is 8.22. The highest BCUT2D eigenvalue weighted by Crippen LogP contribution is 2.36. The third kappa shape index (κ3) is 3.80. The van der Waals surface area contributed by atoms with Crippen molar-refractivity contribution in [1.82, 2.24) is 9.80 Å². The minimum atomic E-state index is -0.553. The lowest BCUT2D eigenvalue weighted by molar-refractivity contribution is -0.130. The largest absolute Gasteiger partial charge is 0.494 e. The summed E-state index contributed by atoms with van der Waals surface area (Å²) in [4.78, 5) is 15.4. The molecule has 2 aliphatic heterocycles. The predicted octanol–water partition coefficient (Wildman–Crippen LogP) is 1.79. The number of hydrogen-bond donors (Lipinski definition) is 0. The molecule has 2 heterocycles. The quantitative estimate of drug-likeness (QED) is 0.769. The summed E-state index contributed by atoms with van der Waals surface area (Å²) in [6.45, 7) is 13.0. The van der Waals surface area contributed by atoms with E-state index in [1.54, 1.807) is 6.92 Å². The van der Waals surface area contributed by atoms with Crippen molar-refractivity contribution in [2.75, 3.05) is 26.2 Å². The van der Waals surface area contributed by atoms with Crippen molar-refractivity contribution in [2.24, 2.45) is 0 Å². The van der Waals surface area contributed by atoms with E-state index in [2.05, 4.69) is 4.90 Å². The predicted molar refractivity (Wildman–Crippen MR) is 99.6 cm³/mol. The molecule has 0 N–H and O–H groups in total. The van der Waals surface area contributed by atoms with E-state index in [-0.39, 0.29) is 11.7 Å². The van der Waals surface area contributed by atoms with E-state index in [1.807, 2.05) is 44.7 Å². The molecule has 0 bridgehead atoms. The fourth-order valence-corrected chi connectivity index (χ4v) is 3.28. The first kappa shape index (κ1) is 19.3. The molecule has 0 spiro atoms. The average molecular weight is 362 g/mol. The first-order chi connectivity index (χ1) is 12.1. The van der Waals surface area contributed by atoms with Gasteiger partial charge in [-0.25, -0.2) is 4.39 Å². The lowest BCUT2D eigenvalue weighted by Gasteiger charge is -2.34. The summed E-state index contributed by atoms with van der Waals surface area (Å²) in [6.07, 6.45) is 0. The molecule has 1 aromatic rings. The molecule has 1 amide bonds. The summed E-state index contributed by atoms with van der Waals surface area (Å²) in [7, 11) is -0.553. The minimum absolute atomic E-state index is 0.0996. The summed E-state index contributed by atoms with van der Waals surface area (Å²) < 4.78 is 26.6. The van der Waals surface area contributed by atoms with Crippen LogP contribution in [-0.2, 0) is 20.6 Å². The van der Waals surface area contributed by atoms with Gasteiger partial charge in [-0.05, 0) is 39.2 Å². The number of amides is 1. The van der Waals surface area contributed by atoms with Crippen LogP contribution in [0.3, 0.4) is 0 Å². The molecule has 2 aliphatic rings. The van der Waals surface area contributed by atoms with Gasteiger partial charge in [0.2, 0.25) is 5.91 Å². The topological polar surface area (TPSA) is 42.0 Å². The molecule has 0 atom stereocenters. The molecule has 1 aromatic carbocycles. The van der Waals surface area contributed by atoms with Crippen LogP contribution in [0.2, 0.25) is 0 Å². The maximum Gasteiger partial charge on any atom is 0.494 e. The van der Waals surface area contributed by atoms with Crippen molar-refractivity contribution >= 4 is 18.5 Å². The molecule has 2 fully saturated rings. The van der Waals surface area contributed by atoms with Crippen molar-refractivity contribution < 1.29 is 18.5 Å². The second-order valence-electron chi connectivity index (χ2n) is 8.22. The summed E-state index contributed by atoms with van der Waals surface area (Å²) in [6, 6.07) is 5.21. The van der Waals surface area contributed by atoms with Crippen LogP contribution in [0.25, 0.3) is 0 Å². The zero-order chi connectivity index (χ0) is 19.1. The SMILES string of the molecule is CC(=O)N1CCN(Cc2ccc(B3OC(C)(C)C(C)(C)O3)cc2F)CC1. The van der Waals surface area contributed by atoms with E-state index in [1.165, 1.54) is 6.07 Å². The third-order valence-electron chi connectivity index (χ3n) is 5.81. The molecule has 0 aliphatic carbocycles. The van der Waals surface area contributed by atoms with Crippen LogP contribution in [0.5, 0.6) is 0 Å². The van der Waals surface area contributed by atoms with E-state index in [0.717, 1.165) is 13.1 Å². The summed E-state index contributed by atoms with van der Waals surface area (Å²) >= 11 is 0.